The molecule has 1 unspecified atom stereocenters. The normalized spacial score (nSPS) is 12.2. The lowest BCUT2D eigenvalue weighted by molar-refractivity contribution is 0.145. The standard InChI is InChI=1S/C23H33N3O4/c1-17-10-11-19(22(14-17)29-13-12-27-4)16-26-23(24-3)25-15-18(2)30-21-9-7-6-8-20(21)28-5/h6-11,14,18H,12-13,15-16H2,1-5H3,(H2,24,25,26). The average Bonchev–Trinajstić information content (AvgIpc) is 2.75. The van der Waals surface area contributed by atoms with E-state index >= 15 is 0 Å². The van der Waals surface area contributed by atoms with Crippen LogP contribution in [0.4, 0.5) is 0 Å². The molecule has 0 aliphatic heterocycles. The molecule has 0 heterocycles. The van der Waals surface area contributed by atoms with E-state index in [1.54, 1.807) is 21.3 Å². The lowest BCUT2D eigenvalue weighted by Gasteiger charge is -2.19. The van der Waals surface area contributed by atoms with Gasteiger partial charge in [-0.05, 0) is 37.6 Å². The number of ether oxygens (including phenoxy) is 4. The molecule has 0 saturated heterocycles. The van der Waals surface area contributed by atoms with Crippen molar-refractivity contribution in [3.8, 4) is 17.2 Å². The molecule has 2 N–H and O–H groups in total. The highest BCUT2D eigenvalue weighted by atomic mass is 16.5. The van der Waals surface area contributed by atoms with Crippen LogP contribution in [0.2, 0.25) is 0 Å². The monoisotopic (exact) mass is 415 g/mol. The van der Waals surface area contributed by atoms with Crippen LogP contribution in [0.3, 0.4) is 0 Å². The smallest absolute Gasteiger partial charge is 0.191 e. The van der Waals surface area contributed by atoms with Gasteiger partial charge >= 0.3 is 0 Å². The van der Waals surface area contributed by atoms with Gasteiger partial charge in [-0.1, -0.05) is 24.3 Å². The Morgan fingerprint density at radius 2 is 1.77 bits per heavy atom. The molecule has 7 heteroatoms. The summed E-state index contributed by atoms with van der Waals surface area (Å²) < 4.78 is 22.2. The Kier molecular flexibility index (Phi) is 9.80. The lowest BCUT2D eigenvalue weighted by atomic mass is 10.1. The van der Waals surface area contributed by atoms with Gasteiger partial charge in [0.05, 0.1) is 20.3 Å². The van der Waals surface area contributed by atoms with E-state index in [1.807, 2.05) is 44.2 Å². The third-order valence-corrected chi connectivity index (χ3v) is 4.39. The summed E-state index contributed by atoms with van der Waals surface area (Å²) in [5, 5.41) is 6.62. The number of nitrogens with one attached hydrogen (secondary N) is 2. The minimum absolute atomic E-state index is 0.0767. The third kappa shape index (κ3) is 7.48. The van der Waals surface area contributed by atoms with Gasteiger partial charge in [-0.15, -0.1) is 0 Å². The molecule has 7 nitrogen and oxygen atoms in total. The molecule has 0 bridgehead atoms. The van der Waals surface area contributed by atoms with E-state index < -0.39 is 0 Å². The first-order chi connectivity index (χ1) is 14.6. The van der Waals surface area contributed by atoms with Gasteiger partial charge in [0.15, 0.2) is 17.5 Å². The summed E-state index contributed by atoms with van der Waals surface area (Å²) in [6, 6.07) is 13.8. The summed E-state index contributed by atoms with van der Waals surface area (Å²) >= 11 is 0. The van der Waals surface area contributed by atoms with Gasteiger partial charge in [-0.25, -0.2) is 0 Å². The van der Waals surface area contributed by atoms with Gasteiger partial charge in [0.1, 0.15) is 18.5 Å². The summed E-state index contributed by atoms with van der Waals surface area (Å²) in [5.74, 6) is 2.97. The molecule has 0 radical (unpaired) electrons. The zero-order valence-electron chi connectivity index (χ0n) is 18.5. The number of aliphatic imine (C=N–C) groups is 1. The van der Waals surface area contributed by atoms with Crippen LogP contribution in [-0.2, 0) is 11.3 Å². The van der Waals surface area contributed by atoms with Crippen molar-refractivity contribution >= 4 is 5.96 Å². The maximum absolute atomic E-state index is 5.98. The molecule has 0 aromatic heterocycles. The molecule has 0 fully saturated rings. The summed E-state index contributed by atoms with van der Waals surface area (Å²) in [5.41, 5.74) is 2.20. The second-order valence-electron chi connectivity index (χ2n) is 6.84. The van der Waals surface area contributed by atoms with Crippen molar-refractivity contribution in [2.75, 3.05) is 41.0 Å². The Balaban J connectivity index is 1.87. The van der Waals surface area contributed by atoms with Crippen molar-refractivity contribution in [2.45, 2.75) is 26.5 Å². The number of methoxy groups -OCH3 is 2. The Hall–Kier alpha value is -2.93. The Labute approximate surface area is 179 Å². The Morgan fingerprint density at radius 1 is 1.00 bits per heavy atom. The van der Waals surface area contributed by atoms with E-state index in [1.165, 1.54) is 0 Å². The molecule has 0 aliphatic carbocycles. The fraction of sp³-hybridized carbons (Fsp3) is 0.435. The van der Waals surface area contributed by atoms with E-state index in [0.29, 0.717) is 38.0 Å². The summed E-state index contributed by atoms with van der Waals surface area (Å²) in [6.45, 7) is 6.27. The van der Waals surface area contributed by atoms with Crippen molar-refractivity contribution in [3.63, 3.8) is 0 Å². The van der Waals surface area contributed by atoms with Crippen LogP contribution >= 0.6 is 0 Å². The zero-order chi connectivity index (χ0) is 21.8. The summed E-state index contributed by atoms with van der Waals surface area (Å²) in [6.07, 6.45) is -0.0767. The summed E-state index contributed by atoms with van der Waals surface area (Å²) in [4.78, 5) is 4.29. The molecule has 30 heavy (non-hydrogen) atoms. The highest BCUT2D eigenvalue weighted by molar-refractivity contribution is 5.79. The van der Waals surface area contributed by atoms with Crippen LogP contribution in [0.1, 0.15) is 18.1 Å². The molecule has 0 amide bonds. The second-order valence-corrected chi connectivity index (χ2v) is 6.84. The van der Waals surface area contributed by atoms with Gasteiger partial charge in [0.25, 0.3) is 0 Å². The lowest BCUT2D eigenvalue weighted by Crippen LogP contribution is -2.41. The maximum Gasteiger partial charge on any atom is 0.191 e. The van der Waals surface area contributed by atoms with E-state index in [-0.39, 0.29) is 6.10 Å². The number of nitrogens with zero attached hydrogens (tertiary/aromatic N) is 1. The number of hydrogen-bond acceptors (Lipinski definition) is 5. The van der Waals surface area contributed by atoms with Gasteiger partial charge in [-0.3, -0.25) is 4.99 Å². The number of rotatable bonds is 11. The summed E-state index contributed by atoms with van der Waals surface area (Å²) in [7, 11) is 5.04. The molecule has 1 atom stereocenters. The molecular formula is C23H33N3O4. The molecule has 2 aromatic rings. The van der Waals surface area contributed by atoms with Gasteiger partial charge in [0, 0.05) is 26.3 Å². The number of benzene rings is 2. The highest BCUT2D eigenvalue weighted by Crippen LogP contribution is 2.26. The van der Waals surface area contributed by atoms with Crippen molar-refractivity contribution in [1.29, 1.82) is 0 Å². The first-order valence-electron chi connectivity index (χ1n) is 10.0. The van der Waals surface area contributed by atoms with Crippen LogP contribution in [0.5, 0.6) is 17.2 Å². The van der Waals surface area contributed by atoms with Crippen LogP contribution < -0.4 is 24.8 Å². The van der Waals surface area contributed by atoms with Crippen molar-refractivity contribution in [2.24, 2.45) is 4.99 Å². The van der Waals surface area contributed by atoms with Gasteiger partial charge < -0.3 is 29.6 Å². The average molecular weight is 416 g/mol. The predicted molar refractivity (Wildman–Crippen MR) is 120 cm³/mol. The fourth-order valence-corrected chi connectivity index (χ4v) is 2.79. The molecule has 2 aromatic carbocycles. The zero-order valence-corrected chi connectivity index (χ0v) is 18.5. The number of aryl methyl sites for hydroxylation is 1. The highest BCUT2D eigenvalue weighted by Gasteiger charge is 2.10. The van der Waals surface area contributed by atoms with E-state index in [4.69, 9.17) is 18.9 Å². The number of para-hydroxylation sites is 2. The van der Waals surface area contributed by atoms with Gasteiger partial charge in [-0.2, -0.15) is 0 Å². The van der Waals surface area contributed by atoms with E-state index in [9.17, 15) is 0 Å². The predicted octanol–water partition coefficient (Wildman–Crippen LogP) is 3.16. The van der Waals surface area contributed by atoms with Crippen molar-refractivity contribution in [3.05, 3.63) is 53.6 Å². The third-order valence-electron chi connectivity index (χ3n) is 4.39. The largest absolute Gasteiger partial charge is 0.493 e. The quantitative estimate of drug-likeness (QED) is 0.334. The molecule has 0 aliphatic rings. The molecule has 0 saturated carbocycles. The Morgan fingerprint density at radius 3 is 2.47 bits per heavy atom. The minimum atomic E-state index is -0.0767. The van der Waals surface area contributed by atoms with Crippen LogP contribution in [0.15, 0.2) is 47.5 Å². The fourth-order valence-electron chi connectivity index (χ4n) is 2.79. The molecule has 164 valence electrons. The van der Waals surface area contributed by atoms with Crippen LogP contribution in [0.25, 0.3) is 0 Å². The number of hydrogen-bond donors (Lipinski definition) is 2. The Bertz CT molecular complexity index is 811. The van der Waals surface area contributed by atoms with Crippen LogP contribution in [0, 0.1) is 6.92 Å². The van der Waals surface area contributed by atoms with E-state index in [0.717, 1.165) is 22.6 Å². The molecular weight excluding hydrogens is 382 g/mol. The van der Waals surface area contributed by atoms with Gasteiger partial charge in [0.2, 0.25) is 0 Å². The first-order valence-corrected chi connectivity index (χ1v) is 10.0. The SMILES string of the molecule is CN=C(NCc1ccc(C)cc1OCCOC)NCC(C)Oc1ccccc1OC. The molecule has 0 spiro atoms. The van der Waals surface area contributed by atoms with Crippen molar-refractivity contribution < 1.29 is 18.9 Å². The van der Waals surface area contributed by atoms with Crippen LogP contribution in [-0.4, -0.2) is 53.1 Å². The topological polar surface area (TPSA) is 73.3 Å². The maximum atomic E-state index is 5.98. The first kappa shape index (κ1) is 23.3. The van der Waals surface area contributed by atoms with E-state index in [2.05, 4.69) is 27.8 Å². The number of guanidine groups is 1. The van der Waals surface area contributed by atoms with Crippen molar-refractivity contribution in [1.82, 2.24) is 10.6 Å². The molecule has 2 rings (SSSR count). The second kappa shape index (κ2) is 12.6. The minimum Gasteiger partial charge on any atom is -0.493 e.